The van der Waals surface area contributed by atoms with Crippen LogP contribution in [0.3, 0.4) is 0 Å². The number of rotatable bonds is 5. The normalized spacial score (nSPS) is 20.1. The summed E-state index contributed by atoms with van der Waals surface area (Å²) in [5.41, 5.74) is 0. The maximum Gasteiger partial charge on any atom is 0.326 e. The molecule has 1 fully saturated rings. The number of likely N-dealkylation sites (tertiary alicyclic amines) is 1. The van der Waals surface area contributed by atoms with Crippen molar-refractivity contribution in [3.8, 4) is 11.7 Å². The van der Waals surface area contributed by atoms with Gasteiger partial charge in [0.25, 0.3) is 11.9 Å². The van der Waals surface area contributed by atoms with E-state index in [1.54, 1.807) is 12.1 Å². The number of aliphatic carboxylic acids is 1. The summed E-state index contributed by atoms with van der Waals surface area (Å²) in [6.07, 6.45) is -0.0453. The standard InChI is InChI=1S/C17H17NO6/c1-22-12-9-13(17(20)21)18(10-12)16(19)14-7-8-15(24-14)23-11-5-3-2-4-6-11/h2-8,12-13H,9-10H2,1H3,(H,20,21). The number of amides is 1. The molecule has 0 radical (unpaired) electrons. The van der Waals surface area contributed by atoms with Crippen LogP contribution in [0.25, 0.3) is 0 Å². The zero-order chi connectivity index (χ0) is 17.1. The monoisotopic (exact) mass is 331 g/mol. The van der Waals surface area contributed by atoms with E-state index >= 15 is 0 Å². The zero-order valence-corrected chi connectivity index (χ0v) is 13.0. The molecule has 1 N–H and O–H groups in total. The van der Waals surface area contributed by atoms with E-state index in [0.29, 0.717) is 5.75 Å². The third-order valence-electron chi connectivity index (χ3n) is 3.90. The molecule has 1 amide bonds. The van der Waals surface area contributed by atoms with Gasteiger partial charge in [-0.05, 0) is 18.2 Å². The number of methoxy groups -OCH3 is 1. The average Bonchev–Trinajstić information content (AvgIpc) is 3.22. The van der Waals surface area contributed by atoms with Crippen LogP contribution in [-0.2, 0) is 9.53 Å². The highest BCUT2D eigenvalue weighted by atomic mass is 16.6. The first-order valence-corrected chi connectivity index (χ1v) is 7.48. The van der Waals surface area contributed by atoms with E-state index in [1.165, 1.54) is 24.1 Å². The maximum atomic E-state index is 12.5. The predicted octanol–water partition coefficient (Wildman–Crippen LogP) is 2.39. The Morgan fingerprint density at radius 2 is 1.96 bits per heavy atom. The number of carbonyl (C=O) groups excluding carboxylic acids is 1. The number of hydrogen-bond acceptors (Lipinski definition) is 5. The van der Waals surface area contributed by atoms with Crippen molar-refractivity contribution in [2.75, 3.05) is 13.7 Å². The number of carboxylic acid groups (broad SMARTS) is 1. The van der Waals surface area contributed by atoms with Crippen molar-refractivity contribution in [1.82, 2.24) is 4.90 Å². The number of benzene rings is 1. The second-order valence-electron chi connectivity index (χ2n) is 5.44. The van der Waals surface area contributed by atoms with Gasteiger partial charge in [0.1, 0.15) is 11.8 Å². The summed E-state index contributed by atoms with van der Waals surface area (Å²) in [5.74, 6) is -0.780. The Bertz CT molecular complexity index is 726. The van der Waals surface area contributed by atoms with Gasteiger partial charge in [0.2, 0.25) is 0 Å². The number of hydrogen-bond donors (Lipinski definition) is 1. The fraction of sp³-hybridized carbons (Fsp3) is 0.294. The lowest BCUT2D eigenvalue weighted by atomic mass is 10.2. The third kappa shape index (κ3) is 3.26. The van der Waals surface area contributed by atoms with Crippen LogP contribution in [0, 0.1) is 0 Å². The molecular formula is C17H17NO6. The molecule has 1 aliphatic rings. The van der Waals surface area contributed by atoms with Crippen LogP contribution in [0.2, 0.25) is 0 Å². The highest BCUT2D eigenvalue weighted by molar-refractivity contribution is 5.95. The van der Waals surface area contributed by atoms with Crippen LogP contribution in [0.1, 0.15) is 17.0 Å². The molecule has 0 aliphatic carbocycles. The minimum atomic E-state index is -1.06. The van der Waals surface area contributed by atoms with Crippen LogP contribution in [0.15, 0.2) is 46.9 Å². The van der Waals surface area contributed by atoms with Crippen molar-refractivity contribution < 1.29 is 28.6 Å². The van der Waals surface area contributed by atoms with Crippen molar-refractivity contribution in [3.63, 3.8) is 0 Å². The minimum Gasteiger partial charge on any atom is -0.480 e. The summed E-state index contributed by atoms with van der Waals surface area (Å²) in [6.45, 7) is 0.210. The van der Waals surface area contributed by atoms with Gasteiger partial charge in [-0.3, -0.25) is 4.79 Å². The molecule has 2 atom stereocenters. The Balaban J connectivity index is 1.74. The van der Waals surface area contributed by atoms with E-state index in [2.05, 4.69) is 0 Å². The first-order chi connectivity index (χ1) is 11.6. The summed E-state index contributed by atoms with van der Waals surface area (Å²) in [5, 5.41) is 9.29. The molecule has 1 aromatic carbocycles. The average molecular weight is 331 g/mol. The molecule has 2 heterocycles. The van der Waals surface area contributed by atoms with Crippen LogP contribution in [0.4, 0.5) is 0 Å². The Morgan fingerprint density at radius 3 is 2.62 bits per heavy atom. The molecule has 2 aromatic rings. The number of para-hydroxylation sites is 1. The number of nitrogens with zero attached hydrogens (tertiary/aromatic N) is 1. The van der Waals surface area contributed by atoms with E-state index in [0.717, 1.165) is 0 Å². The van der Waals surface area contributed by atoms with Crippen LogP contribution in [0.5, 0.6) is 11.7 Å². The Morgan fingerprint density at radius 1 is 1.21 bits per heavy atom. The second kappa shape index (κ2) is 6.76. The van der Waals surface area contributed by atoms with Crippen molar-refractivity contribution in [1.29, 1.82) is 0 Å². The van der Waals surface area contributed by atoms with Crippen molar-refractivity contribution in [2.45, 2.75) is 18.6 Å². The molecule has 1 aliphatic heterocycles. The topological polar surface area (TPSA) is 89.2 Å². The highest BCUT2D eigenvalue weighted by Gasteiger charge is 2.41. The molecule has 1 saturated heterocycles. The van der Waals surface area contributed by atoms with Gasteiger partial charge in [0.05, 0.1) is 6.10 Å². The lowest BCUT2D eigenvalue weighted by Gasteiger charge is -2.19. The van der Waals surface area contributed by atoms with Gasteiger partial charge in [-0.1, -0.05) is 18.2 Å². The van der Waals surface area contributed by atoms with Crippen LogP contribution < -0.4 is 4.74 Å². The van der Waals surface area contributed by atoms with Gasteiger partial charge in [-0.15, -0.1) is 0 Å². The minimum absolute atomic E-state index is 0.0314. The zero-order valence-electron chi connectivity index (χ0n) is 13.0. The van der Waals surface area contributed by atoms with Crippen LogP contribution in [-0.4, -0.2) is 47.7 Å². The summed E-state index contributed by atoms with van der Waals surface area (Å²) < 4.78 is 16.1. The van der Waals surface area contributed by atoms with Gasteiger partial charge in [0, 0.05) is 26.1 Å². The smallest absolute Gasteiger partial charge is 0.326 e. The Labute approximate surface area is 138 Å². The van der Waals surface area contributed by atoms with E-state index in [4.69, 9.17) is 13.9 Å². The fourth-order valence-electron chi connectivity index (χ4n) is 2.66. The molecule has 0 spiro atoms. The third-order valence-corrected chi connectivity index (χ3v) is 3.90. The number of carbonyl (C=O) groups is 2. The number of furan rings is 1. The van der Waals surface area contributed by atoms with Gasteiger partial charge >= 0.3 is 5.97 Å². The number of carboxylic acids is 1. The van der Waals surface area contributed by atoms with Gasteiger partial charge < -0.3 is 23.9 Å². The molecule has 1 aromatic heterocycles. The predicted molar refractivity (Wildman–Crippen MR) is 83.1 cm³/mol. The molecule has 24 heavy (non-hydrogen) atoms. The SMILES string of the molecule is COC1CC(C(=O)O)N(C(=O)c2ccc(Oc3ccccc3)o2)C1. The molecule has 126 valence electrons. The Hall–Kier alpha value is -2.80. The molecule has 7 nitrogen and oxygen atoms in total. The molecule has 7 heteroatoms. The highest BCUT2D eigenvalue weighted by Crippen LogP contribution is 2.27. The van der Waals surface area contributed by atoms with Crippen molar-refractivity contribution in [3.05, 3.63) is 48.2 Å². The maximum absolute atomic E-state index is 12.5. The molecule has 0 saturated carbocycles. The quantitative estimate of drug-likeness (QED) is 0.905. The van der Waals surface area contributed by atoms with Crippen molar-refractivity contribution in [2.24, 2.45) is 0 Å². The Kier molecular flexibility index (Phi) is 4.52. The second-order valence-corrected chi connectivity index (χ2v) is 5.44. The fourth-order valence-corrected chi connectivity index (χ4v) is 2.66. The first-order valence-electron chi connectivity index (χ1n) is 7.48. The van der Waals surface area contributed by atoms with Gasteiger partial charge in [0.15, 0.2) is 5.76 Å². The summed E-state index contributed by atoms with van der Waals surface area (Å²) in [7, 11) is 1.50. The first kappa shape index (κ1) is 16.1. The van der Waals surface area contributed by atoms with Gasteiger partial charge in [-0.2, -0.15) is 0 Å². The number of ether oxygens (including phenoxy) is 2. The van der Waals surface area contributed by atoms with E-state index in [1.807, 2.05) is 18.2 Å². The molecule has 3 rings (SSSR count). The lowest BCUT2D eigenvalue weighted by molar-refractivity contribution is -0.141. The van der Waals surface area contributed by atoms with Gasteiger partial charge in [-0.25, -0.2) is 4.79 Å². The summed E-state index contributed by atoms with van der Waals surface area (Å²) >= 11 is 0. The molecule has 0 bridgehead atoms. The van der Waals surface area contributed by atoms with E-state index in [-0.39, 0.29) is 30.8 Å². The summed E-state index contributed by atoms with van der Waals surface area (Å²) in [6, 6.07) is 11.1. The van der Waals surface area contributed by atoms with Crippen LogP contribution >= 0.6 is 0 Å². The van der Waals surface area contributed by atoms with E-state index in [9.17, 15) is 14.7 Å². The largest absolute Gasteiger partial charge is 0.480 e. The molecular weight excluding hydrogens is 314 g/mol. The molecule has 2 unspecified atom stereocenters. The summed E-state index contributed by atoms with van der Waals surface area (Å²) in [4.78, 5) is 25.1. The van der Waals surface area contributed by atoms with E-state index < -0.39 is 17.9 Å². The lowest BCUT2D eigenvalue weighted by Crippen LogP contribution is -2.40. The van der Waals surface area contributed by atoms with Crippen molar-refractivity contribution >= 4 is 11.9 Å².